The number of carboxylic acids is 1. The summed E-state index contributed by atoms with van der Waals surface area (Å²) in [6, 6.07) is 3.49. The van der Waals surface area contributed by atoms with Crippen LogP contribution in [-0.2, 0) is 4.79 Å². The minimum atomic E-state index is -0.948. The van der Waals surface area contributed by atoms with Gasteiger partial charge in [-0.15, -0.1) is 0 Å². The lowest BCUT2D eigenvalue weighted by Gasteiger charge is -2.10. The number of nitrogens with one attached hydrogen (secondary N) is 1. The van der Waals surface area contributed by atoms with Crippen molar-refractivity contribution in [2.24, 2.45) is 0 Å². The van der Waals surface area contributed by atoms with Gasteiger partial charge in [0.25, 0.3) is 5.91 Å². The van der Waals surface area contributed by atoms with E-state index in [0.717, 1.165) is 22.1 Å². The van der Waals surface area contributed by atoms with Gasteiger partial charge in [0.05, 0.1) is 6.42 Å². The first-order valence-electron chi connectivity index (χ1n) is 6.83. The van der Waals surface area contributed by atoms with Crippen LogP contribution in [-0.4, -0.2) is 23.0 Å². The van der Waals surface area contributed by atoms with Crippen molar-refractivity contribution in [3.63, 3.8) is 0 Å². The molecule has 0 aliphatic carbocycles. The fraction of sp³-hybridized carbons (Fsp3) is 0.375. The third-order valence-corrected chi connectivity index (χ3v) is 3.55. The highest BCUT2D eigenvalue weighted by Crippen LogP contribution is 2.30. The van der Waals surface area contributed by atoms with Crippen molar-refractivity contribution < 1.29 is 19.1 Å². The molecule has 1 aromatic carbocycles. The van der Waals surface area contributed by atoms with Gasteiger partial charge in [-0.1, -0.05) is 12.1 Å². The van der Waals surface area contributed by atoms with Crippen LogP contribution in [0.15, 0.2) is 16.5 Å². The molecule has 1 aromatic heterocycles. The summed E-state index contributed by atoms with van der Waals surface area (Å²) in [6.07, 6.45) is -0.122. The molecule has 0 aliphatic rings. The molecule has 0 saturated heterocycles. The van der Waals surface area contributed by atoms with E-state index in [1.165, 1.54) is 0 Å². The molecule has 0 fully saturated rings. The Morgan fingerprint density at radius 1 is 1.24 bits per heavy atom. The van der Waals surface area contributed by atoms with E-state index in [4.69, 9.17) is 9.52 Å². The molecular formula is C16H19NO4. The van der Waals surface area contributed by atoms with Crippen LogP contribution in [0.25, 0.3) is 11.0 Å². The zero-order valence-electron chi connectivity index (χ0n) is 12.6. The first-order chi connectivity index (χ1) is 9.81. The standard InChI is InChI=1S/C16H19NO4/c1-8-5-6-9(2)14-13(8)11(4)15(21-14)16(20)17-10(3)7-12(18)19/h5-6,10H,7H2,1-4H3,(H,17,20)(H,18,19). The van der Waals surface area contributed by atoms with Crippen LogP contribution in [0.1, 0.15) is 40.6 Å². The number of aliphatic carboxylic acids is 1. The van der Waals surface area contributed by atoms with Crippen molar-refractivity contribution in [3.05, 3.63) is 34.6 Å². The van der Waals surface area contributed by atoms with Crippen LogP contribution in [0, 0.1) is 20.8 Å². The largest absolute Gasteiger partial charge is 0.481 e. The van der Waals surface area contributed by atoms with Gasteiger partial charge in [0.1, 0.15) is 5.58 Å². The molecule has 5 heteroatoms. The van der Waals surface area contributed by atoms with Crippen LogP contribution in [0.4, 0.5) is 0 Å². The maximum absolute atomic E-state index is 12.3. The van der Waals surface area contributed by atoms with E-state index in [2.05, 4.69) is 5.32 Å². The molecule has 0 spiro atoms. The molecule has 112 valence electrons. The first-order valence-corrected chi connectivity index (χ1v) is 6.83. The van der Waals surface area contributed by atoms with E-state index >= 15 is 0 Å². The Labute approximate surface area is 122 Å². The second-order valence-electron chi connectivity index (χ2n) is 5.43. The van der Waals surface area contributed by atoms with Crippen LogP contribution >= 0.6 is 0 Å². The summed E-state index contributed by atoms with van der Waals surface area (Å²) in [5.74, 6) is -1.08. The van der Waals surface area contributed by atoms with E-state index in [1.54, 1.807) is 6.92 Å². The van der Waals surface area contributed by atoms with Gasteiger partial charge in [0.2, 0.25) is 0 Å². The van der Waals surface area contributed by atoms with Gasteiger partial charge in [-0.05, 0) is 38.8 Å². The van der Waals surface area contributed by atoms with Gasteiger partial charge >= 0.3 is 5.97 Å². The summed E-state index contributed by atoms with van der Waals surface area (Å²) in [5.41, 5.74) is 3.51. The van der Waals surface area contributed by atoms with E-state index in [1.807, 2.05) is 32.9 Å². The maximum Gasteiger partial charge on any atom is 0.305 e. The van der Waals surface area contributed by atoms with Crippen molar-refractivity contribution in [3.8, 4) is 0 Å². The molecule has 2 rings (SSSR count). The van der Waals surface area contributed by atoms with Gasteiger partial charge in [0, 0.05) is 17.0 Å². The number of carbonyl (C=O) groups is 2. The minimum absolute atomic E-state index is 0.122. The van der Waals surface area contributed by atoms with Crippen molar-refractivity contribution in [1.29, 1.82) is 0 Å². The Kier molecular flexibility index (Phi) is 4.02. The Bertz CT molecular complexity index is 715. The summed E-state index contributed by atoms with van der Waals surface area (Å²) in [4.78, 5) is 22.9. The second kappa shape index (κ2) is 5.60. The van der Waals surface area contributed by atoms with Crippen molar-refractivity contribution in [1.82, 2.24) is 5.32 Å². The molecular weight excluding hydrogens is 270 g/mol. The second-order valence-corrected chi connectivity index (χ2v) is 5.43. The lowest BCUT2D eigenvalue weighted by molar-refractivity contribution is -0.137. The SMILES string of the molecule is Cc1ccc(C)c2c(C)c(C(=O)NC(C)CC(=O)O)oc12. The number of benzene rings is 1. The smallest absolute Gasteiger partial charge is 0.305 e. The quantitative estimate of drug-likeness (QED) is 0.907. The highest BCUT2D eigenvalue weighted by atomic mass is 16.4. The van der Waals surface area contributed by atoms with Crippen molar-refractivity contribution >= 4 is 22.8 Å². The number of carboxylic acid groups (broad SMARTS) is 1. The summed E-state index contributed by atoms with van der Waals surface area (Å²) < 4.78 is 5.72. The third kappa shape index (κ3) is 2.91. The maximum atomic E-state index is 12.3. The number of hydrogen-bond acceptors (Lipinski definition) is 3. The molecule has 1 unspecified atom stereocenters. The molecule has 1 heterocycles. The highest BCUT2D eigenvalue weighted by molar-refractivity contribution is 6.00. The lowest BCUT2D eigenvalue weighted by atomic mass is 10.0. The molecule has 0 saturated carbocycles. The number of hydrogen-bond donors (Lipinski definition) is 2. The van der Waals surface area contributed by atoms with E-state index < -0.39 is 12.0 Å². The average Bonchev–Trinajstić information content (AvgIpc) is 2.72. The summed E-state index contributed by atoms with van der Waals surface area (Å²) >= 11 is 0. The first kappa shape index (κ1) is 15.1. The fourth-order valence-electron chi connectivity index (χ4n) is 2.49. The topological polar surface area (TPSA) is 79.5 Å². The van der Waals surface area contributed by atoms with Gasteiger partial charge in [-0.25, -0.2) is 0 Å². The zero-order chi connectivity index (χ0) is 15.7. The van der Waals surface area contributed by atoms with Gasteiger partial charge in [0.15, 0.2) is 5.76 Å². The molecule has 1 atom stereocenters. The van der Waals surface area contributed by atoms with Crippen molar-refractivity contribution in [2.75, 3.05) is 0 Å². The predicted molar refractivity (Wildman–Crippen MR) is 79.6 cm³/mol. The van der Waals surface area contributed by atoms with E-state index in [9.17, 15) is 9.59 Å². The number of carbonyl (C=O) groups excluding carboxylic acids is 1. The van der Waals surface area contributed by atoms with E-state index in [-0.39, 0.29) is 18.1 Å². The number of rotatable bonds is 4. The summed E-state index contributed by atoms with van der Waals surface area (Å²) in [7, 11) is 0. The minimum Gasteiger partial charge on any atom is -0.481 e. The van der Waals surface area contributed by atoms with Crippen LogP contribution in [0.5, 0.6) is 0 Å². The molecule has 2 N–H and O–H groups in total. The molecule has 5 nitrogen and oxygen atoms in total. The van der Waals surface area contributed by atoms with Crippen molar-refractivity contribution in [2.45, 2.75) is 40.2 Å². The van der Waals surface area contributed by atoms with Crippen LogP contribution in [0.2, 0.25) is 0 Å². The van der Waals surface area contributed by atoms with Gasteiger partial charge in [-0.3, -0.25) is 9.59 Å². The van der Waals surface area contributed by atoms with Crippen LogP contribution in [0.3, 0.4) is 0 Å². The Morgan fingerprint density at radius 3 is 2.43 bits per heavy atom. The molecule has 2 aromatic rings. The Balaban J connectivity index is 2.36. The number of aryl methyl sites for hydroxylation is 3. The Morgan fingerprint density at radius 2 is 1.86 bits per heavy atom. The highest BCUT2D eigenvalue weighted by Gasteiger charge is 2.21. The predicted octanol–water partition coefficient (Wildman–Crippen LogP) is 2.95. The molecule has 1 amide bonds. The lowest BCUT2D eigenvalue weighted by Crippen LogP contribution is -2.34. The molecule has 21 heavy (non-hydrogen) atoms. The normalized spacial score (nSPS) is 12.4. The number of amides is 1. The third-order valence-electron chi connectivity index (χ3n) is 3.55. The summed E-state index contributed by atoms with van der Waals surface area (Å²) in [5, 5.41) is 12.3. The molecule has 0 aliphatic heterocycles. The van der Waals surface area contributed by atoms with Gasteiger partial charge in [-0.2, -0.15) is 0 Å². The van der Waals surface area contributed by atoms with E-state index in [0.29, 0.717) is 5.58 Å². The van der Waals surface area contributed by atoms with Gasteiger partial charge < -0.3 is 14.8 Å². The number of furan rings is 1. The Hall–Kier alpha value is -2.30. The zero-order valence-corrected chi connectivity index (χ0v) is 12.6. The monoisotopic (exact) mass is 289 g/mol. The summed E-state index contributed by atoms with van der Waals surface area (Å²) in [6.45, 7) is 7.40. The average molecular weight is 289 g/mol. The number of fused-ring (bicyclic) bond motifs is 1. The molecule has 0 bridgehead atoms. The fourth-order valence-corrected chi connectivity index (χ4v) is 2.49. The molecule has 0 radical (unpaired) electrons. The van der Waals surface area contributed by atoms with Crippen LogP contribution < -0.4 is 5.32 Å².